The van der Waals surface area contributed by atoms with E-state index in [1.54, 1.807) is 6.26 Å². The van der Waals surface area contributed by atoms with Gasteiger partial charge in [0.2, 0.25) is 0 Å². The van der Waals surface area contributed by atoms with Crippen molar-refractivity contribution in [3.05, 3.63) is 46.0 Å². The molecule has 0 aliphatic heterocycles. The average molecular weight is 235 g/mol. The molecule has 0 aliphatic rings. The molecule has 1 atom stereocenters. The van der Waals surface area contributed by atoms with Crippen molar-refractivity contribution in [1.82, 2.24) is 5.32 Å². The van der Waals surface area contributed by atoms with Gasteiger partial charge in [0, 0.05) is 9.75 Å². The minimum absolute atomic E-state index is 0.202. The minimum atomic E-state index is 0.202. The summed E-state index contributed by atoms with van der Waals surface area (Å²) in [6.45, 7) is 5.31. The molecule has 0 fully saturated rings. The van der Waals surface area contributed by atoms with Gasteiger partial charge in [-0.15, -0.1) is 11.3 Å². The summed E-state index contributed by atoms with van der Waals surface area (Å²) in [6, 6.07) is 8.51. The average Bonchev–Trinajstić information content (AvgIpc) is 2.91. The molecule has 16 heavy (non-hydrogen) atoms. The summed E-state index contributed by atoms with van der Waals surface area (Å²) in [7, 11) is 0. The Morgan fingerprint density at radius 3 is 2.81 bits per heavy atom. The van der Waals surface area contributed by atoms with Crippen LogP contribution in [0, 0.1) is 6.92 Å². The van der Waals surface area contributed by atoms with Crippen molar-refractivity contribution in [3.8, 4) is 0 Å². The second-order valence-corrected chi connectivity index (χ2v) is 5.17. The van der Waals surface area contributed by atoms with Crippen LogP contribution in [0.5, 0.6) is 0 Å². The summed E-state index contributed by atoms with van der Waals surface area (Å²) >= 11 is 1.82. The van der Waals surface area contributed by atoms with E-state index in [0.717, 1.165) is 18.7 Å². The molecular weight excluding hydrogens is 218 g/mol. The van der Waals surface area contributed by atoms with Gasteiger partial charge in [0.15, 0.2) is 0 Å². The van der Waals surface area contributed by atoms with E-state index in [1.165, 1.54) is 9.75 Å². The topological polar surface area (TPSA) is 25.2 Å². The molecule has 86 valence electrons. The first-order valence-corrected chi connectivity index (χ1v) is 6.46. The van der Waals surface area contributed by atoms with Gasteiger partial charge >= 0.3 is 0 Å². The molecule has 0 bridgehead atoms. The normalized spacial score (nSPS) is 12.9. The minimum Gasteiger partial charge on any atom is -0.467 e. The highest BCUT2D eigenvalue weighted by Gasteiger charge is 2.17. The first kappa shape index (κ1) is 11.4. The van der Waals surface area contributed by atoms with Crippen molar-refractivity contribution in [2.24, 2.45) is 0 Å². The lowest BCUT2D eigenvalue weighted by Crippen LogP contribution is -2.21. The molecule has 3 heteroatoms. The molecule has 2 nitrogen and oxygen atoms in total. The van der Waals surface area contributed by atoms with Gasteiger partial charge < -0.3 is 9.73 Å². The largest absolute Gasteiger partial charge is 0.467 e. The molecule has 2 aromatic rings. The summed E-state index contributed by atoms with van der Waals surface area (Å²) in [5.74, 6) is 0.996. The molecule has 2 rings (SSSR count). The summed E-state index contributed by atoms with van der Waals surface area (Å²) in [4.78, 5) is 2.66. The van der Waals surface area contributed by atoms with Gasteiger partial charge in [0.1, 0.15) is 11.8 Å². The zero-order chi connectivity index (χ0) is 11.4. The fourth-order valence-corrected chi connectivity index (χ4v) is 2.66. The van der Waals surface area contributed by atoms with E-state index >= 15 is 0 Å². The van der Waals surface area contributed by atoms with Crippen LogP contribution in [0.1, 0.15) is 34.9 Å². The van der Waals surface area contributed by atoms with Crippen molar-refractivity contribution >= 4 is 11.3 Å². The fraction of sp³-hybridized carbons (Fsp3) is 0.385. The molecule has 0 aromatic carbocycles. The fourth-order valence-electron chi connectivity index (χ4n) is 1.69. The molecule has 0 amide bonds. The third kappa shape index (κ3) is 2.54. The Hall–Kier alpha value is -1.06. The lowest BCUT2D eigenvalue weighted by atomic mass is 10.2. The number of thiophene rings is 1. The van der Waals surface area contributed by atoms with Gasteiger partial charge in [0.05, 0.1) is 6.26 Å². The van der Waals surface area contributed by atoms with E-state index in [1.807, 2.05) is 23.5 Å². The second-order valence-electron chi connectivity index (χ2n) is 3.85. The first-order valence-electron chi connectivity index (χ1n) is 5.64. The molecule has 0 spiro atoms. The van der Waals surface area contributed by atoms with Gasteiger partial charge in [-0.05, 0) is 44.2 Å². The van der Waals surface area contributed by atoms with Crippen molar-refractivity contribution < 1.29 is 4.42 Å². The predicted molar refractivity (Wildman–Crippen MR) is 67.9 cm³/mol. The number of nitrogens with one attached hydrogen (secondary N) is 1. The van der Waals surface area contributed by atoms with Crippen molar-refractivity contribution in [1.29, 1.82) is 0 Å². The Balaban J connectivity index is 2.21. The summed E-state index contributed by atoms with van der Waals surface area (Å²) in [5, 5.41) is 3.52. The molecule has 2 heterocycles. The Morgan fingerprint density at radius 2 is 2.25 bits per heavy atom. The van der Waals surface area contributed by atoms with Gasteiger partial charge in [0.25, 0.3) is 0 Å². The Bertz CT molecular complexity index is 419. The predicted octanol–water partition coefficient (Wildman–Crippen LogP) is 3.74. The number of hydrogen-bond acceptors (Lipinski definition) is 3. The maximum absolute atomic E-state index is 5.50. The lowest BCUT2D eigenvalue weighted by molar-refractivity contribution is 0.450. The molecule has 0 saturated carbocycles. The first-order chi connectivity index (χ1) is 7.81. The molecule has 0 saturated heterocycles. The maximum atomic E-state index is 5.50. The third-order valence-corrected chi connectivity index (χ3v) is 3.54. The summed E-state index contributed by atoms with van der Waals surface area (Å²) in [6.07, 6.45) is 2.86. The Morgan fingerprint density at radius 1 is 1.38 bits per heavy atom. The van der Waals surface area contributed by atoms with Crippen LogP contribution >= 0.6 is 11.3 Å². The lowest BCUT2D eigenvalue weighted by Gasteiger charge is -2.14. The van der Waals surface area contributed by atoms with E-state index in [-0.39, 0.29) is 6.04 Å². The molecule has 2 aromatic heterocycles. The van der Waals surface area contributed by atoms with Crippen molar-refractivity contribution in [2.45, 2.75) is 26.3 Å². The molecule has 1 unspecified atom stereocenters. The van der Waals surface area contributed by atoms with E-state index in [0.29, 0.717) is 0 Å². The van der Waals surface area contributed by atoms with Crippen LogP contribution in [0.3, 0.4) is 0 Å². The SMILES string of the molecule is CCCNC(c1ccco1)c1ccc(C)s1. The van der Waals surface area contributed by atoms with Crippen molar-refractivity contribution in [3.63, 3.8) is 0 Å². The van der Waals surface area contributed by atoms with E-state index in [2.05, 4.69) is 31.3 Å². The molecule has 0 aliphatic carbocycles. The Kier molecular flexibility index (Phi) is 3.80. The highest BCUT2D eigenvalue weighted by Crippen LogP contribution is 2.28. The highest BCUT2D eigenvalue weighted by atomic mass is 32.1. The maximum Gasteiger partial charge on any atom is 0.126 e. The van der Waals surface area contributed by atoms with Crippen LogP contribution in [-0.2, 0) is 0 Å². The van der Waals surface area contributed by atoms with Gasteiger partial charge in [-0.2, -0.15) is 0 Å². The van der Waals surface area contributed by atoms with Crippen LogP contribution in [0.4, 0.5) is 0 Å². The zero-order valence-corrected chi connectivity index (χ0v) is 10.5. The zero-order valence-electron chi connectivity index (χ0n) is 9.69. The van der Waals surface area contributed by atoms with Crippen LogP contribution < -0.4 is 5.32 Å². The van der Waals surface area contributed by atoms with E-state index in [9.17, 15) is 0 Å². The monoisotopic (exact) mass is 235 g/mol. The van der Waals surface area contributed by atoms with Crippen LogP contribution in [-0.4, -0.2) is 6.54 Å². The standard InChI is InChI=1S/C13H17NOS/c1-3-8-14-13(11-5-4-9-15-11)12-7-6-10(2)16-12/h4-7,9,13-14H,3,8H2,1-2H3. The Labute approximate surface area is 100 Å². The van der Waals surface area contributed by atoms with E-state index < -0.39 is 0 Å². The summed E-state index contributed by atoms with van der Waals surface area (Å²) in [5.41, 5.74) is 0. The number of aryl methyl sites for hydroxylation is 1. The van der Waals surface area contributed by atoms with Crippen molar-refractivity contribution in [2.75, 3.05) is 6.54 Å². The smallest absolute Gasteiger partial charge is 0.126 e. The van der Waals surface area contributed by atoms with Gasteiger partial charge in [-0.3, -0.25) is 0 Å². The summed E-state index contributed by atoms with van der Waals surface area (Å²) < 4.78 is 5.50. The van der Waals surface area contributed by atoms with Crippen LogP contribution in [0.25, 0.3) is 0 Å². The third-order valence-electron chi connectivity index (χ3n) is 2.47. The van der Waals surface area contributed by atoms with Crippen LogP contribution in [0.2, 0.25) is 0 Å². The van der Waals surface area contributed by atoms with Crippen LogP contribution in [0.15, 0.2) is 34.9 Å². The number of rotatable bonds is 5. The van der Waals surface area contributed by atoms with Gasteiger partial charge in [-0.25, -0.2) is 0 Å². The molecule has 1 N–H and O–H groups in total. The number of hydrogen-bond donors (Lipinski definition) is 1. The highest BCUT2D eigenvalue weighted by molar-refractivity contribution is 7.12. The number of furan rings is 1. The van der Waals surface area contributed by atoms with Gasteiger partial charge in [-0.1, -0.05) is 6.92 Å². The second kappa shape index (κ2) is 5.32. The quantitative estimate of drug-likeness (QED) is 0.854. The molecular formula is C13H17NOS. The van der Waals surface area contributed by atoms with E-state index in [4.69, 9.17) is 4.42 Å². The molecule has 0 radical (unpaired) electrons.